The molecule has 0 unspecified atom stereocenters. The summed E-state index contributed by atoms with van der Waals surface area (Å²) in [4.78, 5) is 9.91. The summed E-state index contributed by atoms with van der Waals surface area (Å²) in [6.07, 6.45) is 2.34. The van der Waals surface area contributed by atoms with Crippen LogP contribution < -0.4 is 0 Å². The summed E-state index contributed by atoms with van der Waals surface area (Å²) in [5.74, 6) is 0. The number of carbonyl (C=O) groups excluding carboxylic acids is 1. The van der Waals surface area contributed by atoms with Gasteiger partial charge in [-0.05, 0) is 6.42 Å². The maximum Gasteiger partial charge on any atom is 0.122 e. The van der Waals surface area contributed by atoms with E-state index in [1.54, 1.807) is 0 Å². The first-order valence-corrected chi connectivity index (χ1v) is 5.08. The SMILES string of the molecule is CCCOCCOCCOCCC=O. The van der Waals surface area contributed by atoms with E-state index in [9.17, 15) is 4.79 Å². The Kier molecular flexibility index (Phi) is 12.1. The molecule has 0 radical (unpaired) electrons. The molecule has 4 heteroatoms. The molecule has 0 rings (SSSR count). The van der Waals surface area contributed by atoms with Crippen molar-refractivity contribution in [2.75, 3.05) is 39.6 Å². The summed E-state index contributed by atoms with van der Waals surface area (Å²) in [5.41, 5.74) is 0. The minimum absolute atomic E-state index is 0.458. The van der Waals surface area contributed by atoms with Gasteiger partial charge in [0.05, 0.1) is 33.0 Å². The number of aldehydes is 1. The number of hydrogen-bond donors (Lipinski definition) is 0. The van der Waals surface area contributed by atoms with Gasteiger partial charge in [0, 0.05) is 13.0 Å². The lowest BCUT2D eigenvalue weighted by Crippen LogP contribution is -2.10. The van der Waals surface area contributed by atoms with Gasteiger partial charge in [0.15, 0.2) is 0 Å². The summed E-state index contributed by atoms with van der Waals surface area (Å²) < 4.78 is 15.5. The number of hydrogen-bond acceptors (Lipinski definition) is 4. The number of carbonyl (C=O) groups is 1. The Hall–Kier alpha value is -0.450. The van der Waals surface area contributed by atoms with E-state index >= 15 is 0 Å². The van der Waals surface area contributed by atoms with Crippen molar-refractivity contribution in [3.05, 3.63) is 0 Å². The molecule has 0 aromatic rings. The monoisotopic (exact) mass is 204 g/mol. The van der Waals surface area contributed by atoms with Gasteiger partial charge >= 0.3 is 0 Å². The fraction of sp³-hybridized carbons (Fsp3) is 0.900. The zero-order valence-electron chi connectivity index (χ0n) is 8.87. The van der Waals surface area contributed by atoms with Crippen LogP contribution in [0.25, 0.3) is 0 Å². The number of rotatable bonds is 11. The van der Waals surface area contributed by atoms with Crippen LogP contribution in [0.4, 0.5) is 0 Å². The number of ether oxygens (including phenoxy) is 3. The van der Waals surface area contributed by atoms with E-state index in [0.29, 0.717) is 39.5 Å². The van der Waals surface area contributed by atoms with Gasteiger partial charge in [-0.2, -0.15) is 0 Å². The lowest BCUT2D eigenvalue weighted by molar-refractivity contribution is -0.108. The summed E-state index contributed by atoms with van der Waals surface area (Å²) in [6.45, 7) is 5.70. The fourth-order valence-electron chi connectivity index (χ4n) is 0.818. The third kappa shape index (κ3) is 11.6. The molecule has 0 bridgehead atoms. The van der Waals surface area contributed by atoms with E-state index in [4.69, 9.17) is 14.2 Å². The van der Waals surface area contributed by atoms with Crippen LogP contribution in [0.2, 0.25) is 0 Å². The fourth-order valence-corrected chi connectivity index (χ4v) is 0.818. The molecule has 0 amide bonds. The first-order valence-electron chi connectivity index (χ1n) is 5.08. The van der Waals surface area contributed by atoms with Crippen LogP contribution in [0.5, 0.6) is 0 Å². The van der Waals surface area contributed by atoms with Crippen molar-refractivity contribution in [3.63, 3.8) is 0 Å². The van der Waals surface area contributed by atoms with Crippen molar-refractivity contribution in [1.29, 1.82) is 0 Å². The average Bonchev–Trinajstić information content (AvgIpc) is 2.21. The quantitative estimate of drug-likeness (QED) is 0.372. The van der Waals surface area contributed by atoms with Crippen LogP contribution in [0.1, 0.15) is 19.8 Å². The Morgan fingerprint density at radius 3 is 1.86 bits per heavy atom. The molecule has 84 valence electrons. The van der Waals surface area contributed by atoms with Crippen molar-refractivity contribution in [3.8, 4) is 0 Å². The molecular formula is C10H20O4. The Balaban J connectivity index is 2.81. The molecule has 0 aromatic carbocycles. The highest BCUT2D eigenvalue weighted by Gasteiger charge is 1.90. The minimum Gasteiger partial charge on any atom is -0.379 e. The normalized spacial score (nSPS) is 10.4. The second-order valence-electron chi connectivity index (χ2n) is 2.79. The van der Waals surface area contributed by atoms with Gasteiger partial charge < -0.3 is 19.0 Å². The van der Waals surface area contributed by atoms with Crippen LogP contribution >= 0.6 is 0 Å². The Labute approximate surface area is 85.5 Å². The molecular weight excluding hydrogens is 184 g/mol. The van der Waals surface area contributed by atoms with E-state index < -0.39 is 0 Å². The lowest BCUT2D eigenvalue weighted by Gasteiger charge is -2.05. The van der Waals surface area contributed by atoms with Gasteiger partial charge in [-0.25, -0.2) is 0 Å². The second kappa shape index (κ2) is 12.6. The van der Waals surface area contributed by atoms with Gasteiger partial charge in [-0.3, -0.25) is 0 Å². The van der Waals surface area contributed by atoms with E-state index in [1.165, 1.54) is 0 Å². The molecule has 4 nitrogen and oxygen atoms in total. The predicted molar refractivity (Wildman–Crippen MR) is 53.4 cm³/mol. The summed E-state index contributed by atoms with van der Waals surface area (Å²) in [6, 6.07) is 0. The lowest BCUT2D eigenvalue weighted by atomic mass is 10.5. The van der Waals surface area contributed by atoms with Crippen molar-refractivity contribution in [2.24, 2.45) is 0 Å². The van der Waals surface area contributed by atoms with Crippen molar-refractivity contribution in [2.45, 2.75) is 19.8 Å². The van der Waals surface area contributed by atoms with Crippen LogP contribution in [-0.2, 0) is 19.0 Å². The van der Waals surface area contributed by atoms with Crippen LogP contribution in [0, 0.1) is 0 Å². The van der Waals surface area contributed by atoms with Crippen LogP contribution in [0.15, 0.2) is 0 Å². The molecule has 14 heavy (non-hydrogen) atoms. The third-order valence-corrected chi connectivity index (χ3v) is 1.47. The Morgan fingerprint density at radius 2 is 1.36 bits per heavy atom. The molecule has 0 aliphatic carbocycles. The van der Waals surface area contributed by atoms with E-state index in [0.717, 1.165) is 19.3 Å². The highest BCUT2D eigenvalue weighted by Crippen LogP contribution is 1.83. The van der Waals surface area contributed by atoms with Crippen LogP contribution in [0.3, 0.4) is 0 Å². The molecule has 0 heterocycles. The first kappa shape index (κ1) is 13.5. The second-order valence-corrected chi connectivity index (χ2v) is 2.79. The van der Waals surface area contributed by atoms with E-state index in [-0.39, 0.29) is 0 Å². The molecule has 0 N–H and O–H groups in total. The summed E-state index contributed by atoms with van der Waals surface area (Å²) >= 11 is 0. The molecule has 0 aliphatic heterocycles. The third-order valence-electron chi connectivity index (χ3n) is 1.47. The molecule has 0 fully saturated rings. The zero-order chi connectivity index (χ0) is 10.5. The van der Waals surface area contributed by atoms with Gasteiger partial charge in [-0.1, -0.05) is 6.92 Å². The highest BCUT2D eigenvalue weighted by atomic mass is 16.5. The van der Waals surface area contributed by atoms with Gasteiger partial charge in [0.1, 0.15) is 6.29 Å². The smallest absolute Gasteiger partial charge is 0.122 e. The zero-order valence-corrected chi connectivity index (χ0v) is 8.87. The van der Waals surface area contributed by atoms with Crippen molar-refractivity contribution >= 4 is 6.29 Å². The molecule has 0 saturated carbocycles. The maximum atomic E-state index is 9.91. The standard InChI is InChI=1S/C10H20O4/c1-2-5-12-7-9-14-10-8-13-6-3-4-11/h4H,2-3,5-10H2,1H3. The van der Waals surface area contributed by atoms with Crippen molar-refractivity contribution < 1.29 is 19.0 Å². The Bertz CT molecular complexity index is 117. The van der Waals surface area contributed by atoms with Gasteiger partial charge in [0.25, 0.3) is 0 Å². The highest BCUT2D eigenvalue weighted by molar-refractivity contribution is 5.49. The van der Waals surface area contributed by atoms with Gasteiger partial charge in [-0.15, -0.1) is 0 Å². The molecule has 0 aliphatic rings. The maximum absolute atomic E-state index is 9.91. The topological polar surface area (TPSA) is 44.8 Å². The minimum atomic E-state index is 0.458. The first-order chi connectivity index (χ1) is 6.91. The summed E-state index contributed by atoms with van der Waals surface area (Å²) in [7, 11) is 0. The molecule has 0 atom stereocenters. The van der Waals surface area contributed by atoms with E-state index in [2.05, 4.69) is 6.92 Å². The van der Waals surface area contributed by atoms with Crippen molar-refractivity contribution in [1.82, 2.24) is 0 Å². The molecule has 0 saturated heterocycles. The average molecular weight is 204 g/mol. The Morgan fingerprint density at radius 1 is 0.857 bits per heavy atom. The molecule has 0 spiro atoms. The van der Waals surface area contributed by atoms with Crippen LogP contribution in [-0.4, -0.2) is 45.9 Å². The molecule has 0 aromatic heterocycles. The van der Waals surface area contributed by atoms with Gasteiger partial charge in [0.2, 0.25) is 0 Å². The summed E-state index contributed by atoms with van der Waals surface area (Å²) in [5, 5.41) is 0. The van der Waals surface area contributed by atoms with E-state index in [1.807, 2.05) is 0 Å². The largest absolute Gasteiger partial charge is 0.379 e. The predicted octanol–water partition coefficient (Wildman–Crippen LogP) is 1.04.